The number of alkyl halides is 3. The first kappa shape index (κ1) is 21.0. The van der Waals surface area contributed by atoms with Gasteiger partial charge in [0.15, 0.2) is 5.69 Å². The molecule has 31 heavy (non-hydrogen) atoms. The molecule has 1 aliphatic rings. The van der Waals surface area contributed by atoms with Crippen LogP contribution >= 0.6 is 0 Å². The molecule has 0 saturated heterocycles. The van der Waals surface area contributed by atoms with E-state index in [0.29, 0.717) is 17.2 Å². The average molecular weight is 435 g/mol. The van der Waals surface area contributed by atoms with Crippen LogP contribution in [-0.2, 0) is 13.2 Å². The van der Waals surface area contributed by atoms with Crippen molar-refractivity contribution >= 4 is 23.2 Å². The molecule has 4 rings (SSSR count). The number of carbonyl (C=O) groups is 1. The number of carbonyl (C=O) groups excluding carboxylic acids is 1. The second-order valence-electron chi connectivity index (χ2n) is 7.89. The van der Waals surface area contributed by atoms with E-state index in [-0.39, 0.29) is 23.6 Å². The third kappa shape index (κ3) is 4.04. The van der Waals surface area contributed by atoms with E-state index >= 15 is 0 Å². The van der Waals surface area contributed by atoms with Crippen LogP contribution in [0.15, 0.2) is 30.6 Å². The number of aryl methyl sites for hydroxylation is 1. The maximum absolute atomic E-state index is 13.1. The first-order valence-corrected chi connectivity index (χ1v) is 10.0. The van der Waals surface area contributed by atoms with E-state index < -0.39 is 11.9 Å². The van der Waals surface area contributed by atoms with Crippen LogP contribution < -0.4 is 16.0 Å². The summed E-state index contributed by atoms with van der Waals surface area (Å²) in [5.74, 6) is 0.721. The average Bonchev–Trinajstić information content (AvgIpc) is 3.32. The van der Waals surface area contributed by atoms with Gasteiger partial charge in [0.05, 0.1) is 6.20 Å². The number of rotatable bonds is 4. The van der Waals surface area contributed by atoms with Crippen LogP contribution in [0.4, 0.5) is 24.8 Å². The lowest BCUT2D eigenvalue weighted by Gasteiger charge is -2.36. The summed E-state index contributed by atoms with van der Waals surface area (Å²) in [6, 6.07) is 5.20. The Balaban J connectivity index is 1.43. The van der Waals surface area contributed by atoms with Crippen LogP contribution in [0.25, 0.3) is 5.65 Å². The molecule has 3 heterocycles. The van der Waals surface area contributed by atoms with Crippen LogP contribution in [0.2, 0.25) is 0 Å². The van der Waals surface area contributed by atoms with Crippen molar-refractivity contribution in [3.05, 3.63) is 41.9 Å². The summed E-state index contributed by atoms with van der Waals surface area (Å²) in [7, 11) is 3.55. The highest BCUT2D eigenvalue weighted by molar-refractivity contribution is 5.98. The quantitative estimate of drug-likeness (QED) is 0.657. The zero-order valence-electron chi connectivity index (χ0n) is 17.2. The van der Waals surface area contributed by atoms with Gasteiger partial charge in [-0.25, -0.2) is 4.98 Å². The molecule has 3 N–H and O–H groups in total. The van der Waals surface area contributed by atoms with Crippen molar-refractivity contribution in [1.82, 2.24) is 24.5 Å². The predicted octanol–water partition coefficient (Wildman–Crippen LogP) is 2.85. The van der Waals surface area contributed by atoms with Gasteiger partial charge < -0.3 is 16.0 Å². The Morgan fingerprint density at radius 2 is 1.97 bits per heavy atom. The molecule has 0 radical (unpaired) electrons. The first-order valence-electron chi connectivity index (χ1n) is 10.0. The smallest absolute Gasteiger partial charge is 0.383 e. The summed E-state index contributed by atoms with van der Waals surface area (Å²) in [6.45, 7) is 0. The lowest BCUT2D eigenvalue weighted by atomic mass is 9.90. The van der Waals surface area contributed by atoms with Crippen LogP contribution in [0, 0.1) is 0 Å². The second kappa shape index (κ2) is 7.78. The molecule has 11 heteroatoms. The molecule has 1 saturated carbocycles. The minimum absolute atomic E-state index is 0.0117. The molecule has 1 amide bonds. The Morgan fingerprint density at radius 1 is 1.26 bits per heavy atom. The van der Waals surface area contributed by atoms with Gasteiger partial charge in [-0.15, -0.1) is 0 Å². The highest BCUT2D eigenvalue weighted by Crippen LogP contribution is 2.31. The Hall–Kier alpha value is -3.24. The second-order valence-corrected chi connectivity index (χ2v) is 7.89. The lowest BCUT2D eigenvalue weighted by molar-refractivity contribution is -0.140. The molecule has 0 atom stereocenters. The maximum Gasteiger partial charge on any atom is 0.434 e. The van der Waals surface area contributed by atoms with Gasteiger partial charge in [-0.05, 0) is 37.8 Å². The van der Waals surface area contributed by atoms with Gasteiger partial charge in [-0.2, -0.15) is 18.3 Å². The fourth-order valence-electron chi connectivity index (χ4n) is 4.10. The van der Waals surface area contributed by atoms with Gasteiger partial charge in [0, 0.05) is 32.4 Å². The van der Waals surface area contributed by atoms with Crippen molar-refractivity contribution in [2.45, 2.75) is 43.9 Å². The van der Waals surface area contributed by atoms with E-state index in [1.165, 1.54) is 15.3 Å². The van der Waals surface area contributed by atoms with E-state index in [0.717, 1.165) is 31.9 Å². The molecule has 0 aliphatic heterocycles. The van der Waals surface area contributed by atoms with Crippen molar-refractivity contribution in [1.29, 1.82) is 0 Å². The van der Waals surface area contributed by atoms with Gasteiger partial charge in [-0.1, -0.05) is 6.07 Å². The fourth-order valence-corrected chi connectivity index (χ4v) is 4.10. The van der Waals surface area contributed by atoms with Crippen molar-refractivity contribution in [2.24, 2.45) is 7.05 Å². The Labute approximate surface area is 176 Å². The normalized spacial score (nSPS) is 19.5. The number of imidazole rings is 1. The number of hydrogen-bond donors (Lipinski definition) is 2. The molecule has 0 spiro atoms. The van der Waals surface area contributed by atoms with Gasteiger partial charge in [-0.3, -0.25) is 13.9 Å². The number of nitrogens with two attached hydrogens (primary N) is 1. The zero-order valence-corrected chi connectivity index (χ0v) is 17.2. The van der Waals surface area contributed by atoms with E-state index in [9.17, 15) is 18.0 Å². The minimum Gasteiger partial charge on any atom is -0.383 e. The molecule has 0 aromatic carbocycles. The highest BCUT2D eigenvalue weighted by Gasteiger charge is 2.34. The molecule has 1 aliphatic carbocycles. The molecule has 1 fully saturated rings. The van der Waals surface area contributed by atoms with Crippen molar-refractivity contribution < 1.29 is 18.0 Å². The van der Waals surface area contributed by atoms with Crippen LogP contribution in [0.5, 0.6) is 0 Å². The largest absolute Gasteiger partial charge is 0.434 e. The first-order chi connectivity index (χ1) is 14.6. The van der Waals surface area contributed by atoms with Gasteiger partial charge in [0.1, 0.15) is 22.8 Å². The number of nitrogen functional groups attached to an aromatic ring is 1. The summed E-state index contributed by atoms with van der Waals surface area (Å²) >= 11 is 0. The lowest BCUT2D eigenvalue weighted by Crippen LogP contribution is -2.43. The number of aromatic nitrogens is 4. The fraction of sp³-hybridized carbons (Fsp3) is 0.450. The molecular weight excluding hydrogens is 411 g/mol. The van der Waals surface area contributed by atoms with E-state index in [2.05, 4.69) is 15.4 Å². The monoisotopic (exact) mass is 435 g/mol. The van der Waals surface area contributed by atoms with Crippen LogP contribution in [0.3, 0.4) is 0 Å². The van der Waals surface area contributed by atoms with Crippen LogP contribution in [0.1, 0.15) is 41.7 Å². The van der Waals surface area contributed by atoms with E-state index in [4.69, 9.17) is 5.73 Å². The summed E-state index contributed by atoms with van der Waals surface area (Å²) in [4.78, 5) is 18.2. The molecule has 0 bridgehead atoms. The Morgan fingerprint density at radius 3 is 2.58 bits per heavy atom. The summed E-state index contributed by atoms with van der Waals surface area (Å²) in [5.41, 5.74) is 5.57. The molecular formula is C20H24F3N7O. The Kier molecular flexibility index (Phi) is 5.28. The number of hydrogen-bond acceptors (Lipinski definition) is 5. The molecule has 0 unspecified atom stereocenters. The molecule has 8 nitrogen and oxygen atoms in total. The van der Waals surface area contributed by atoms with Gasteiger partial charge >= 0.3 is 6.18 Å². The number of halogens is 3. The topological polar surface area (TPSA) is 93.5 Å². The minimum atomic E-state index is -4.49. The van der Waals surface area contributed by atoms with Crippen molar-refractivity contribution in [3.8, 4) is 0 Å². The van der Waals surface area contributed by atoms with Gasteiger partial charge in [0.2, 0.25) is 0 Å². The van der Waals surface area contributed by atoms with E-state index in [1.54, 1.807) is 25.2 Å². The number of fused-ring (bicyclic) bond motifs is 1. The summed E-state index contributed by atoms with van der Waals surface area (Å²) < 4.78 is 42.1. The van der Waals surface area contributed by atoms with Crippen molar-refractivity contribution in [3.63, 3.8) is 0 Å². The van der Waals surface area contributed by atoms with Crippen molar-refractivity contribution in [2.75, 3.05) is 17.7 Å². The number of nitrogens with one attached hydrogen (secondary N) is 1. The number of anilines is 2. The number of pyridine rings is 1. The standard InChI is InChI=1S/C20H24F3N7O/c1-28(17-5-3-4-16-27-15(11-30(16)17)20(21,22)23)13-8-6-12(7-9-13)26-19(31)14-10-25-29(2)18(14)24/h3-5,10-13H,6-9,24H2,1-2H3,(H,26,31)/t12-,13+. The highest BCUT2D eigenvalue weighted by atomic mass is 19.4. The third-order valence-electron chi connectivity index (χ3n) is 5.93. The summed E-state index contributed by atoms with van der Waals surface area (Å²) in [5, 5.41) is 6.99. The molecule has 3 aromatic rings. The SMILES string of the molecule is Cn1ncc(C(=O)N[C@H]2CC[C@@H](N(C)c3cccc4nc(C(F)(F)F)cn34)CC2)c1N. The van der Waals surface area contributed by atoms with Crippen LogP contribution in [-0.4, -0.2) is 44.2 Å². The third-order valence-corrected chi connectivity index (χ3v) is 5.93. The molecule has 166 valence electrons. The van der Waals surface area contributed by atoms with E-state index in [1.807, 2.05) is 11.9 Å². The summed E-state index contributed by atoms with van der Waals surface area (Å²) in [6.07, 6.45) is 1.10. The number of nitrogens with zero attached hydrogens (tertiary/aromatic N) is 5. The predicted molar refractivity (Wildman–Crippen MR) is 110 cm³/mol. The maximum atomic E-state index is 13.1. The Bertz CT molecular complexity index is 1100. The number of amides is 1. The van der Waals surface area contributed by atoms with Gasteiger partial charge in [0.25, 0.3) is 5.91 Å². The zero-order chi connectivity index (χ0) is 22.3. The molecule has 3 aromatic heterocycles.